The summed E-state index contributed by atoms with van der Waals surface area (Å²) in [6, 6.07) is 0. The third-order valence-electron chi connectivity index (χ3n) is 1.09. The van der Waals surface area contributed by atoms with Gasteiger partial charge in [0.05, 0.1) is 5.92 Å². The molecule has 2 heteroatoms. The largest absolute Gasteiger partial charge is 0.275 e. The van der Waals surface area contributed by atoms with E-state index in [4.69, 9.17) is 0 Å². The van der Waals surface area contributed by atoms with Crippen molar-refractivity contribution in [1.82, 2.24) is 0 Å². The van der Waals surface area contributed by atoms with E-state index in [1.54, 1.807) is 0 Å². The van der Waals surface area contributed by atoms with Gasteiger partial charge in [-0.1, -0.05) is 11.8 Å². The summed E-state index contributed by atoms with van der Waals surface area (Å²) in [5.74, 6) is 6.21. The normalized spacial score (nSPS) is 23.7. The Morgan fingerprint density at radius 3 is 3.33 bits per heavy atom. The van der Waals surface area contributed by atoms with Crippen molar-refractivity contribution >= 4 is 14.1 Å². The van der Waals surface area contributed by atoms with Gasteiger partial charge in [0.15, 0.2) is 7.85 Å². The number of allylic oxidation sites excluding steroid dienone is 1. The molecule has 0 aromatic carbocycles. The molecule has 0 fully saturated rings. The van der Waals surface area contributed by atoms with Crippen LogP contribution in [0.25, 0.3) is 0 Å². The summed E-state index contributed by atoms with van der Waals surface area (Å²) in [6.45, 7) is 2.03. The summed E-state index contributed by atoms with van der Waals surface area (Å²) in [5.41, 5.74) is 0.992. The standard InChI is InChI=1S/C7H8BN/c1-6-3-2-4-7(8)9-5-6/h4-6H,8H2,1H3. The molecule has 1 aliphatic heterocycles. The summed E-state index contributed by atoms with van der Waals surface area (Å²) < 4.78 is 0. The molecule has 1 unspecified atom stereocenters. The van der Waals surface area contributed by atoms with Gasteiger partial charge in [-0.2, -0.15) is 0 Å². The predicted molar refractivity (Wildman–Crippen MR) is 42.1 cm³/mol. The molecular weight excluding hydrogens is 109 g/mol. The topological polar surface area (TPSA) is 12.4 Å². The van der Waals surface area contributed by atoms with Crippen LogP contribution in [0, 0.1) is 17.8 Å². The quantitative estimate of drug-likeness (QED) is 0.317. The molecule has 44 valence electrons. The number of hydrogen-bond acceptors (Lipinski definition) is 1. The number of aliphatic imine (C=N–C) groups is 1. The van der Waals surface area contributed by atoms with Gasteiger partial charge in [0.1, 0.15) is 0 Å². The van der Waals surface area contributed by atoms with Crippen LogP contribution in [0.15, 0.2) is 16.7 Å². The van der Waals surface area contributed by atoms with Crippen molar-refractivity contribution in [2.75, 3.05) is 0 Å². The van der Waals surface area contributed by atoms with E-state index >= 15 is 0 Å². The van der Waals surface area contributed by atoms with Gasteiger partial charge in [-0.25, -0.2) is 0 Å². The van der Waals surface area contributed by atoms with E-state index in [-0.39, 0.29) is 0 Å². The lowest BCUT2D eigenvalue weighted by Gasteiger charge is -1.88. The van der Waals surface area contributed by atoms with Crippen molar-refractivity contribution in [1.29, 1.82) is 0 Å². The average Bonchev–Trinajstić information content (AvgIpc) is 1.97. The molecule has 9 heavy (non-hydrogen) atoms. The van der Waals surface area contributed by atoms with Gasteiger partial charge >= 0.3 is 0 Å². The van der Waals surface area contributed by atoms with Crippen LogP contribution >= 0.6 is 0 Å². The van der Waals surface area contributed by atoms with Crippen LogP contribution < -0.4 is 0 Å². The Labute approximate surface area is 56.3 Å². The van der Waals surface area contributed by atoms with E-state index in [2.05, 4.69) is 16.8 Å². The van der Waals surface area contributed by atoms with Crippen LogP contribution in [0.3, 0.4) is 0 Å². The van der Waals surface area contributed by atoms with Crippen LogP contribution in [-0.4, -0.2) is 14.1 Å². The van der Waals surface area contributed by atoms with E-state index in [1.165, 1.54) is 0 Å². The highest BCUT2D eigenvalue weighted by atomic mass is 14.7. The number of rotatable bonds is 0. The third kappa shape index (κ3) is 1.77. The molecule has 0 bridgehead atoms. The Bertz CT molecular complexity index is 217. The minimum Gasteiger partial charge on any atom is -0.275 e. The molecular formula is C7H8BN. The van der Waals surface area contributed by atoms with Gasteiger partial charge in [-0.15, -0.1) is 0 Å². The maximum Gasteiger partial charge on any atom is 0.164 e. The summed E-state index contributed by atoms with van der Waals surface area (Å²) in [7, 11) is 1.95. The van der Waals surface area contributed by atoms with Crippen molar-refractivity contribution in [2.45, 2.75) is 6.92 Å². The molecule has 0 amide bonds. The molecule has 0 aliphatic carbocycles. The first-order valence-electron chi connectivity index (χ1n) is 3.01. The highest BCUT2D eigenvalue weighted by Gasteiger charge is 1.91. The van der Waals surface area contributed by atoms with E-state index < -0.39 is 0 Å². The zero-order chi connectivity index (χ0) is 6.69. The van der Waals surface area contributed by atoms with Crippen LogP contribution in [0.4, 0.5) is 0 Å². The molecule has 0 spiro atoms. The van der Waals surface area contributed by atoms with E-state index in [9.17, 15) is 0 Å². The zero-order valence-corrected chi connectivity index (χ0v) is 5.68. The molecule has 0 saturated carbocycles. The van der Waals surface area contributed by atoms with E-state index in [0.717, 1.165) is 5.60 Å². The second-order valence-electron chi connectivity index (χ2n) is 2.14. The molecule has 0 aromatic heterocycles. The van der Waals surface area contributed by atoms with Gasteiger partial charge in [0.25, 0.3) is 0 Å². The van der Waals surface area contributed by atoms with Gasteiger partial charge in [-0.3, -0.25) is 4.99 Å². The van der Waals surface area contributed by atoms with Crippen molar-refractivity contribution in [3.05, 3.63) is 11.7 Å². The molecule has 0 saturated heterocycles. The van der Waals surface area contributed by atoms with Gasteiger partial charge < -0.3 is 0 Å². The molecule has 1 heterocycles. The first-order chi connectivity index (χ1) is 4.29. The summed E-state index contributed by atoms with van der Waals surface area (Å²) in [4.78, 5) is 4.12. The first-order valence-corrected chi connectivity index (χ1v) is 3.01. The van der Waals surface area contributed by atoms with Crippen molar-refractivity contribution in [2.24, 2.45) is 10.9 Å². The Morgan fingerprint density at radius 1 is 1.78 bits per heavy atom. The SMILES string of the molecule is BC1=CC#CC(C)C=N1. The molecule has 1 rings (SSSR count). The van der Waals surface area contributed by atoms with Crippen LogP contribution in [0.1, 0.15) is 6.92 Å². The third-order valence-corrected chi connectivity index (χ3v) is 1.09. The Hall–Kier alpha value is -0.965. The summed E-state index contributed by atoms with van der Waals surface area (Å²) in [6.07, 6.45) is 3.70. The fraction of sp³-hybridized carbons (Fsp3) is 0.286. The lowest BCUT2D eigenvalue weighted by atomic mass is 10.1. The Balaban J connectivity index is 2.82. The monoisotopic (exact) mass is 117 g/mol. The van der Waals surface area contributed by atoms with Crippen LogP contribution in [0.5, 0.6) is 0 Å². The second kappa shape index (κ2) is 2.54. The molecule has 0 radical (unpaired) electrons. The molecule has 1 aliphatic rings. The van der Waals surface area contributed by atoms with Crippen molar-refractivity contribution < 1.29 is 0 Å². The minimum atomic E-state index is 0.304. The molecule has 1 atom stereocenters. The lowest BCUT2D eigenvalue weighted by Crippen LogP contribution is -1.89. The number of nitrogens with zero attached hydrogens (tertiary/aromatic N) is 1. The maximum atomic E-state index is 4.12. The van der Waals surface area contributed by atoms with Crippen molar-refractivity contribution in [3.8, 4) is 11.8 Å². The maximum absolute atomic E-state index is 4.12. The fourth-order valence-corrected chi connectivity index (χ4v) is 0.581. The number of hydrogen-bond donors (Lipinski definition) is 0. The molecule has 0 N–H and O–H groups in total. The first kappa shape index (κ1) is 6.16. The Kier molecular flexibility index (Phi) is 1.74. The molecule has 0 aromatic rings. The van der Waals surface area contributed by atoms with Crippen LogP contribution in [0.2, 0.25) is 0 Å². The van der Waals surface area contributed by atoms with Gasteiger partial charge in [0, 0.05) is 11.8 Å². The lowest BCUT2D eigenvalue weighted by molar-refractivity contribution is 1.07. The van der Waals surface area contributed by atoms with Crippen molar-refractivity contribution in [3.63, 3.8) is 0 Å². The molecule has 1 nitrogen and oxygen atoms in total. The zero-order valence-electron chi connectivity index (χ0n) is 5.68. The minimum absolute atomic E-state index is 0.304. The summed E-state index contributed by atoms with van der Waals surface area (Å²) in [5, 5.41) is 0. The van der Waals surface area contributed by atoms with Gasteiger partial charge in [0.2, 0.25) is 0 Å². The second-order valence-corrected chi connectivity index (χ2v) is 2.14. The Morgan fingerprint density at radius 2 is 2.56 bits per heavy atom. The highest BCUT2D eigenvalue weighted by molar-refractivity contribution is 6.22. The highest BCUT2D eigenvalue weighted by Crippen LogP contribution is 1.95. The van der Waals surface area contributed by atoms with E-state index in [1.807, 2.05) is 27.1 Å². The van der Waals surface area contributed by atoms with Crippen LogP contribution in [-0.2, 0) is 0 Å². The average molecular weight is 117 g/mol. The summed E-state index contributed by atoms with van der Waals surface area (Å²) >= 11 is 0. The van der Waals surface area contributed by atoms with Gasteiger partial charge in [-0.05, 0) is 13.0 Å². The van der Waals surface area contributed by atoms with E-state index in [0.29, 0.717) is 5.92 Å². The predicted octanol–water partition coefficient (Wildman–Crippen LogP) is 0.185. The smallest absolute Gasteiger partial charge is 0.164 e. The fourth-order valence-electron chi connectivity index (χ4n) is 0.581.